The fourth-order valence-corrected chi connectivity index (χ4v) is 9.27. The number of rotatable bonds is 10. The van der Waals surface area contributed by atoms with Crippen molar-refractivity contribution in [2.24, 2.45) is 0 Å². The molecule has 0 fully saturated rings. The number of hydrogen-bond donors (Lipinski definition) is 0. The fourth-order valence-electron chi connectivity index (χ4n) is 4.22. The van der Waals surface area contributed by atoms with E-state index in [1.807, 2.05) is 0 Å². The van der Waals surface area contributed by atoms with Crippen LogP contribution < -0.4 is 0 Å². The van der Waals surface area contributed by atoms with Gasteiger partial charge >= 0.3 is 0 Å². The van der Waals surface area contributed by atoms with Crippen LogP contribution >= 0.6 is 73.9 Å². The van der Waals surface area contributed by atoms with E-state index in [-0.39, 0.29) is 41.2 Å². The van der Waals surface area contributed by atoms with Gasteiger partial charge in [-0.15, -0.1) is 73.9 Å². The highest BCUT2D eigenvalue weighted by atomic mass is 31.0. The molecule has 0 aliphatic heterocycles. The monoisotopic (exact) mass is 552 g/mol. The molecule has 0 aliphatic carbocycles. The third-order valence-electron chi connectivity index (χ3n) is 8.97. The highest BCUT2D eigenvalue weighted by Gasteiger charge is 2.66. The summed E-state index contributed by atoms with van der Waals surface area (Å²) in [5, 5.41) is -0.189. The van der Waals surface area contributed by atoms with Crippen LogP contribution in [0.2, 0.25) is 0 Å². The SMILES string of the molecule is CCCCC(C)(P)C(C)(P)C(C)(P)C(C)(P)C(C)(P)C(C)(P)C(C)(P)C(C)(C)P. The van der Waals surface area contributed by atoms with Gasteiger partial charge in [0.1, 0.15) is 0 Å². The van der Waals surface area contributed by atoms with Gasteiger partial charge in [0.2, 0.25) is 0 Å². The van der Waals surface area contributed by atoms with Gasteiger partial charge in [-0.05, 0) is 16.7 Å². The van der Waals surface area contributed by atoms with Crippen LogP contribution in [0.25, 0.3) is 0 Å². The van der Waals surface area contributed by atoms with Crippen molar-refractivity contribution in [2.45, 2.75) is 130 Å². The van der Waals surface area contributed by atoms with Gasteiger partial charge in [0.15, 0.2) is 0 Å². The lowest BCUT2D eigenvalue weighted by Gasteiger charge is -2.68. The predicted octanol–water partition coefficient (Wildman–Crippen LogP) is 7.27. The van der Waals surface area contributed by atoms with Crippen LogP contribution in [0, 0.1) is 0 Å². The summed E-state index contributed by atoms with van der Waals surface area (Å²) in [4.78, 5) is 0. The van der Waals surface area contributed by atoms with Crippen molar-refractivity contribution in [2.75, 3.05) is 0 Å². The molecule has 0 nitrogen and oxygen atoms in total. The van der Waals surface area contributed by atoms with E-state index in [0.717, 1.165) is 0 Å². The number of hydrogen-bond acceptors (Lipinski definition) is 0. The normalized spacial score (nSPS) is 27.9. The van der Waals surface area contributed by atoms with Crippen molar-refractivity contribution < 1.29 is 0 Å². The summed E-state index contributed by atoms with van der Waals surface area (Å²) in [6.45, 7) is 23.8. The van der Waals surface area contributed by atoms with Gasteiger partial charge in [-0.1, -0.05) is 82.1 Å². The fraction of sp³-hybridized carbons (Fsp3) is 1.00. The topological polar surface area (TPSA) is 0 Å². The number of unbranched alkanes of at least 4 members (excludes halogenated alkanes) is 1. The van der Waals surface area contributed by atoms with Crippen LogP contribution in [-0.2, 0) is 0 Å². The zero-order valence-corrected chi connectivity index (χ0v) is 30.0. The Morgan fingerprint density at radius 3 is 1.00 bits per heavy atom. The Labute approximate surface area is 203 Å². The molecule has 0 saturated carbocycles. The molecule has 0 spiro atoms. The summed E-state index contributed by atoms with van der Waals surface area (Å²) in [6, 6.07) is 0. The molecule has 0 radical (unpaired) electrons. The van der Waals surface area contributed by atoms with Gasteiger partial charge in [0.05, 0.1) is 0 Å². The summed E-state index contributed by atoms with van der Waals surface area (Å²) < 4.78 is 0. The predicted molar refractivity (Wildman–Crippen MR) is 170 cm³/mol. The second-order valence-corrected chi connectivity index (χ2v) is 21.1. The zero-order chi connectivity index (χ0) is 24.1. The third-order valence-corrected chi connectivity index (χ3v) is 20.2. The lowest BCUT2D eigenvalue weighted by atomic mass is 9.63. The van der Waals surface area contributed by atoms with Crippen LogP contribution in [0.1, 0.15) is 88.5 Å². The zero-order valence-electron chi connectivity index (χ0n) is 20.7. The van der Waals surface area contributed by atoms with E-state index < -0.39 is 0 Å². The highest BCUT2D eigenvalue weighted by molar-refractivity contribution is 7.33. The Morgan fingerprint density at radius 1 is 0.448 bits per heavy atom. The summed E-state index contributed by atoms with van der Waals surface area (Å²) in [5.74, 6) is 0. The third kappa shape index (κ3) is 5.34. The van der Waals surface area contributed by atoms with Crippen LogP contribution in [0.5, 0.6) is 0 Å². The van der Waals surface area contributed by atoms with Gasteiger partial charge in [-0.25, -0.2) is 0 Å². The highest BCUT2D eigenvalue weighted by Crippen LogP contribution is 2.68. The first-order chi connectivity index (χ1) is 12.3. The second kappa shape index (κ2) is 9.83. The smallest absolute Gasteiger partial charge is 0.00146 e. The molecule has 0 aromatic heterocycles. The van der Waals surface area contributed by atoms with Gasteiger partial charge in [0, 0.05) is 30.9 Å². The lowest BCUT2D eigenvalue weighted by molar-refractivity contribution is 0.225. The molecular formula is C21H52P8. The van der Waals surface area contributed by atoms with Crippen LogP contribution in [0.3, 0.4) is 0 Å². The lowest BCUT2D eigenvalue weighted by Crippen LogP contribution is -2.73. The maximum absolute atomic E-state index is 3.29. The van der Waals surface area contributed by atoms with E-state index in [2.05, 4.69) is 143 Å². The standard InChI is InChI=1S/C21H52P8/c1-11-12-13-15(4,23)17(6,25)19(8,27)21(10,29)20(9,28)18(7,26)16(5,24)14(2,3)22/h11-13,22-29H2,1-10H3. The molecule has 0 aromatic rings. The van der Waals surface area contributed by atoms with Crippen LogP contribution in [-0.4, -0.2) is 41.2 Å². The summed E-state index contributed by atoms with van der Waals surface area (Å²) >= 11 is 0. The van der Waals surface area contributed by atoms with E-state index in [1.54, 1.807) is 0 Å². The molecule has 0 amide bonds. The van der Waals surface area contributed by atoms with Crippen molar-refractivity contribution >= 4 is 73.9 Å². The van der Waals surface area contributed by atoms with Gasteiger partial charge < -0.3 is 0 Å². The quantitative estimate of drug-likeness (QED) is 0.250. The second-order valence-electron chi connectivity index (χ2n) is 11.5. The molecule has 176 valence electrons. The minimum Gasteiger partial charge on any atom is -0.131 e. The Morgan fingerprint density at radius 2 is 0.724 bits per heavy atom. The van der Waals surface area contributed by atoms with Crippen LogP contribution in [0.15, 0.2) is 0 Å². The molecule has 0 rings (SSSR count). The van der Waals surface area contributed by atoms with Crippen LogP contribution in [0.4, 0.5) is 0 Å². The van der Waals surface area contributed by atoms with Crippen molar-refractivity contribution in [1.82, 2.24) is 0 Å². The minimum atomic E-state index is -0.0977. The summed E-state index contributed by atoms with van der Waals surface area (Å²) in [5.41, 5.74) is 0. The molecule has 0 bridgehead atoms. The molecule has 0 heterocycles. The van der Waals surface area contributed by atoms with E-state index in [1.165, 1.54) is 19.3 Å². The molecule has 0 saturated heterocycles. The summed E-state index contributed by atoms with van der Waals surface area (Å²) in [7, 11) is 25.8. The molecule has 15 atom stereocenters. The first kappa shape index (κ1) is 32.4. The van der Waals surface area contributed by atoms with Crippen molar-refractivity contribution in [3.8, 4) is 0 Å². The molecule has 29 heavy (non-hydrogen) atoms. The maximum atomic E-state index is 3.29. The Kier molecular flexibility index (Phi) is 11.0. The molecule has 15 unspecified atom stereocenters. The van der Waals surface area contributed by atoms with E-state index in [4.69, 9.17) is 0 Å². The average Bonchev–Trinajstić information content (AvgIpc) is 2.50. The van der Waals surface area contributed by atoms with Gasteiger partial charge in [-0.2, -0.15) is 0 Å². The Bertz CT molecular complexity index is 566. The molecule has 0 N–H and O–H groups in total. The first-order valence-corrected chi connectivity index (χ1v) is 15.2. The van der Waals surface area contributed by atoms with Gasteiger partial charge in [-0.3, -0.25) is 0 Å². The van der Waals surface area contributed by atoms with E-state index in [9.17, 15) is 0 Å². The van der Waals surface area contributed by atoms with Crippen molar-refractivity contribution in [3.63, 3.8) is 0 Å². The summed E-state index contributed by atoms with van der Waals surface area (Å²) in [6.07, 6.45) is 3.68. The molecule has 8 heteroatoms. The molecular weight excluding hydrogens is 500 g/mol. The molecule has 0 aromatic carbocycles. The Balaban J connectivity index is 6.57. The maximum Gasteiger partial charge on any atom is 0.00146 e. The van der Waals surface area contributed by atoms with Crippen molar-refractivity contribution in [1.29, 1.82) is 0 Å². The van der Waals surface area contributed by atoms with Crippen molar-refractivity contribution in [3.05, 3.63) is 0 Å². The molecule has 0 aliphatic rings. The van der Waals surface area contributed by atoms with E-state index in [0.29, 0.717) is 0 Å². The largest absolute Gasteiger partial charge is 0.131 e. The minimum absolute atomic E-state index is 0.00660. The average molecular weight is 552 g/mol. The Hall–Kier alpha value is 3.44. The van der Waals surface area contributed by atoms with E-state index >= 15 is 0 Å². The van der Waals surface area contributed by atoms with Gasteiger partial charge in [0.25, 0.3) is 0 Å². The first-order valence-electron chi connectivity index (χ1n) is 10.6.